The van der Waals surface area contributed by atoms with E-state index in [1.807, 2.05) is 61.5 Å². The summed E-state index contributed by atoms with van der Waals surface area (Å²) in [5, 5.41) is 8.96. The van der Waals surface area contributed by atoms with Crippen LogP contribution in [0.2, 0.25) is 0 Å². The van der Waals surface area contributed by atoms with Crippen LogP contribution >= 0.6 is 0 Å². The number of hydrogen-bond acceptors (Lipinski definition) is 4. The van der Waals surface area contributed by atoms with Gasteiger partial charge in [0.25, 0.3) is 5.56 Å². The molecule has 0 N–H and O–H groups in total. The van der Waals surface area contributed by atoms with Crippen LogP contribution in [0.5, 0.6) is 0 Å². The lowest BCUT2D eigenvalue weighted by Crippen LogP contribution is -2.17. The smallest absolute Gasteiger partial charge is 0.266 e. The number of nitrogens with zero attached hydrogens (tertiary/aromatic N) is 5. The molecule has 2 aromatic carbocycles. The lowest BCUT2D eigenvalue weighted by atomic mass is 10.1. The minimum absolute atomic E-state index is 0.253. The third-order valence-electron chi connectivity index (χ3n) is 3.98. The number of para-hydroxylation sites is 1. The third kappa shape index (κ3) is 2.74. The topological polar surface area (TPSA) is 65.1 Å². The van der Waals surface area contributed by atoms with Gasteiger partial charge in [-0.25, -0.2) is 9.67 Å². The maximum absolute atomic E-state index is 12.6. The molecule has 0 aliphatic carbocycles. The van der Waals surface area contributed by atoms with Crippen molar-refractivity contribution < 1.29 is 0 Å². The van der Waals surface area contributed by atoms with Crippen LogP contribution in [0, 0.1) is 6.92 Å². The number of rotatable bonds is 3. The van der Waals surface area contributed by atoms with Crippen LogP contribution in [-0.4, -0.2) is 25.7 Å². The highest BCUT2D eigenvalue weighted by Gasteiger charge is 2.10. The highest BCUT2D eigenvalue weighted by Crippen LogP contribution is 2.13. The first-order chi connectivity index (χ1) is 12.2. The van der Waals surface area contributed by atoms with E-state index in [4.69, 9.17) is 0 Å². The Morgan fingerprint density at radius 1 is 1.04 bits per heavy atom. The van der Waals surface area contributed by atoms with Crippen molar-refractivity contribution in [2.45, 2.75) is 6.92 Å². The highest BCUT2D eigenvalue weighted by molar-refractivity contribution is 5.81. The molecule has 0 saturated carbocycles. The SMILES string of the molecule is Cc1ccccc1/C=N\n1cnc2c(cnn2-c2ccccc2)c1=O. The Labute approximate surface area is 143 Å². The van der Waals surface area contributed by atoms with Crippen molar-refractivity contribution in [2.24, 2.45) is 5.10 Å². The molecule has 0 aliphatic heterocycles. The van der Waals surface area contributed by atoms with Crippen LogP contribution in [0.3, 0.4) is 0 Å². The second-order valence-corrected chi connectivity index (χ2v) is 5.62. The number of aryl methyl sites for hydroxylation is 1. The largest absolute Gasteiger partial charge is 0.285 e. The molecule has 0 atom stereocenters. The lowest BCUT2D eigenvalue weighted by molar-refractivity contribution is 0.809. The number of aromatic nitrogens is 4. The van der Waals surface area contributed by atoms with Crippen molar-refractivity contribution in [1.29, 1.82) is 0 Å². The summed E-state index contributed by atoms with van der Waals surface area (Å²) in [5.74, 6) is 0. The molecule has 2 aromatic heterocycles. The zero-order valence-corrected chi connectivity index (χ0v) is 13.6. The minimum atomic E-state index is -0.253. The number of benzene rings is 2. The van der Waals surface area contributed by atoms with Crippen molar-refractivity contribution in [2.75, 3.05) is 0 Å². The highest BCUT2D eigenvalue weighted by atomic mass is 16.1. The molecule has 6 heteroatoms. The van der Waals surface area contributed by atoms with E-state index in [9.17, 15) is 4.79 Å². The van der Waals surface area contributed by atoms with E-state index in [0.29, 0.717) is 11.0 Å². The molecule has 0 aliphatic rings. The van der Waals surface area contributed by atoms with Gasteiger partial charge in [0.1, 0.15) is 11.7 Å². The van der Waals surface area contributed by atoms with E-state index in [2.05, 4.69) is 15.2 Å². The molecule has 6 nitrogen and oxygen atoms in total. The molecular weight excluding hydrogens is 314 g/mol. The molecule has 122 valence electrons. The number of fused-ring (bicyclic) bond motifs is 1. The minimum Gasteiger partial charge on any atom is -0.266 e. The van der Waals surface area contributed by atoms with Crippen molar-refractivity contribution in [3.8, 4) is 5.69 Å². The van der Waals surface area contributed by atoms with E-state index in [1.165, 1.54) is 17.2 Å². The van der Waals surface area contributed by atoms with Crippen LogP contribution < -0.4 is 5.56 Å². The molecule has 0 bridgehead atoms. The summed E-state index contributed by atoms with van der Waals surface area (Å²) in [6.45, 7) is 2.00. The second kappa shape index (κ2) is 6.16. The average Bonchev–Trinajstić information content (AvgIpc) is 3.08. The van der Waals surface area contributed by atoms with E-state index in [1.54, 1.807) is 10.9 Å². The van der Waals surface area contributed by atoms with Crippen LogP contribution in [-0.2, 0) is 0 Å². The van der Waals surface area contributed by atoms with Gasteiger partial charge >= 0.3 is 0 Å². The Morgan fingerprint density at radius 2 is 1.80 bits per heavy atom. The Kier molecular flexibility index (Phi) is 3.70. The fourth-order valence-corrected chi connectivity index (χ4v) is 2.60. The van der Waals surface area contributed by atoms with E-state index < -0.39 is 0 Å². The standard InChI is InChI=1S/C19H15N5O/c1-14-7-5-6-8-15(14)11-21-23-13-20-18-17(19(23)25)12-22-24(18)16-9-3-2-4-10-16/h2-13H,1H3/b21-11-. The van der Waals surface area contributed by atoms with Crippen LogP contribution in [0.25, 0.3) is 16.7 Å². The van der Waals surface area contributed by atoms with Gasteiger partial charge in [-0.3, -0.25) is 4.79 Å². The molecule has 0 fully saturated rings. The molecule has 0 unspecified atom stereocenters. The van der Waals surface area contributed by atoms with Crippen molar-refractivity contribution in [3.05, 3.63) is 88.6 Å². The van der Waals surface area contributed by atoms with Gasteiger partial charge in [-0.1, -0.05) is 42.5 Å². The van der Waals surface area contributed by atoms with Crippen molar-refractivity contribution in [3.63, 3.8) is 0 Å². The van der Waals surface area contributed by atoms with Crippen LogP contribution in [0.4, 0.5) is 0 Å². The Bertz CT molecular complexity index is 1130. The first-order valence-corrected chi connectivity index (χ1v) is 7.85. The van der Waals surface area contributed by atoms with Crippen LogP contribution in [0.1, 0.15) is 11.1 Å². The maximum Gasteiger partial charge on any atom is 0.285 e. The quantitative estimate of drug-likeness (QED) is 0.543. The first-order valence-electron chi connectivity index (χ1n) is 7.85. The summed E-state index contributed by atoms with van der Waals surface area (Å²) in [7, 11) is 0. The maximum atomic E-state index is 12.6. The summed E-state index contributed by atoms with van der Waals surface area (Å²) in [6, 6.07) is 17.4. The monoisotopic (exact) mass is 329 g/mol. The van der Waals surface area contributed by atoms with E-state index >= 15 is 0 Å². The molecular formula is C19H15N5O. The van der Waals surface area contributed by atoms with Gasteiger partial charge in [0.15, 0.2) is 5.65 Å². The fourth-order valence-electron chi connectivity index (χ4n) is 2.60. The predicted octanol–water partition coefficient (Wildman–Crippen LogP) is 2.77. The normalized spacial score (nSPS) is 11.4. The summed E-state index contributed by atoms with van der Waals surface area (Å²) >= 11 is 0. The van der Waals surface area contributed by atoms with Crippen molar-refractivity contribution in [1.82, 2.24) is 19.4 Å². The molecule has 0 amide bonds. The van der Waals surface area contributed by atoms with Gasteiger partial charge in [-0.15, -0.1) is 0 Å². The fraction of sp³-hybridized carbons (Fsp3) is 0.0526. The first kappa shape index (κ1) is 15.0. The number of hydrogen-bond donors (Lipinski definition) is 0. The Morgan fingerprint density at radius 3 is 2.60 bits per heavy atom. The molecule has 4 rings (SSSR count). The Hall–Kier alpha value is -3.54. The summed E-state index contributed by atoms with van der Waals surface area (Å²) in [5.41, 5.74) is 3.15. The van der Waals surface area contributed by atoms with Gasteiger partial charge in [-0.2, -0.15) is 14.9 Å². The summed E-state index contributed by atoms with van der Waals surface area (Å²) in [6.07, 6.45) is 4.60. The van der Waals surface area contributed by atoms with Gasteiger partial charge in [0.2, 0.25) is 0 Å². The van der Waals surface area contributed by atoms with Gasteiger partial charge in [0, 0.05) is 0 Å². The van der Waals surface area contributed by atoms with Gasteiger partial charge < -0.3 is 0 Å². The molecule has 0 radical (unpaired) electrons. The van der Waals surface area contributed by atoms with E-state index in [-0.39, 0.29) is 5.56 Å². The average molecular weight is 329 g/mol. The molecule has 0 spiro atoms. The molecule has 2 heterocycles. The third-order valence-corrected chi connectivity index (χ3v) is 3.98. The second-order valence-electron chi connectivity index (χ2n) is 5.62. The Balaban J connectivity index is 1.77. The lowest BCUT2D eigenvalue weighted by Gasteiger charge is -2.03. The van der Waals surface area contributed by atoms with E-state index in [0.717, 1.165) is 16.8 Å². The molecule has 4 aromatic rings. The zero-order chi connectivity index (χ0) is 17.2. The predicted molar refractivity (Wildman–Crippen MR) is 97.3 cm³/mol. The van der Waals surface area contributed by atoms with Crippen LogP contribution in [0.15, 0.2) is 77.0 Å². The van der Waals surface area contributed by atoms with Crippen molar-refractivity contribution >= 4 is 17.2 Å². The molecule has 25 heavy (non-hydrogen) atoms. The van der Waals surface area contributed by atoms with Gasteiger partial charge in [-0.05, 0) is 30.2 Å². The van der Waals surface area contributed by atoms with Gasteiger partial charge in [0.05, 0.1) is 18.1 Å². The summed E-state index contributed by atoms with van der Waals surface area (Å²) < 4.78 is 2.87. The molecule has 0 saturated heterocycles. The zero-order valence-electron chi connectivity index (χ0n) is 13.6. The summed E-state index contributed by atoms with van der Waals surface area (Å²) in [4.78, 5) is 17.0.